The van der Waals surface area contributed by atoms with Crippen LogP contribution in [0.3, 0.4) is 0 Å². The molecule has 0 radical (unpaired) electrons. The number of anilines is 1. The minimum Gasteiger partial charge on any atom is -0.506 e. The normalized spacial score (nSPS) is 34.6. The summed E-state index contributed by atoms with van der Waals surface area (Å²) in [5, 5.41) is 32.1. The molecule has 6 atom stereocenters. The number of carboxylic acid groups (broad SMARTS) is 1. The Labute approximate surface area is 220 Å². The van der Waals surface area contributed by atoms with E-state index in [0.29, 0.717) is 5.92 Å². The molecule has 2 saturated heterocycles. The number of phenolic OH excluding ortho intramolecular Hbond substituents is 1. The number of phenols is 2. The summed E-state index contributed by atoms with van der Waals surface area (Å²) < 4.78 is 6.60. The van der Waals surface area contributed by atoms with E-state index in [2.05, 4.69) is 24.4 Å². The fourth-order valence-corrected chi connectivity index (χ4v) is 8.14. The van der Waals surface area contributed by atoms with Crippen LogP contribution in [0.2, 0.25) is 0 Å². The van der Waals surface area contributed by atoms with Crippen molar-refractivity contribution in [3.8, 4) is 11.5 Å². The number of rotatable bonds is 6. The number of benzene rings is 2. The third-order valence-corrected chi connectivity index (χ3v) is 9.71. The van der Waals surface area contributed by atoms with Gasteiger partial charge in [0.15, 0.2) is 11.5 Å². The first-order chi connectivity index (χ1) is 18.0. The fourth-order valence-electron chi connectivity index (χ4n) is 8.14. The van der Waals surface area contributed by atoms with Gasteiger partial charge in [-0.2, -0.15) is 0 Å². The highest BCUT2D eigenvalue weighted by Crippen LogP contribution is 2.74. The second kappa shape index (κ2) is 8.17. The SMILES string of the molecule is CC12CC34CC1CC(O2)C3C(C)(CCC(=O)Nc1c(O)ccc(C(=O)O)c1O)C(=O)C=C4c1ccccc1. The van der Waals surface area contributed by atoms with Gasteiger partial charge in [0.2, 0.25) is 5.91 Å². The molecule has 1 spiro atoms. The summed E-state index contributed by atoms with van der Waals surface area (Å²) in [6, 6.07) is 12.2. The van der Waals surface area contributed by atoms with Gasteiger partial charge in [-0.25, -0.2) is 4.79 Å². The molecule has 8 heteroatoms. The van der Waals surface area contributed by atoms with Crippen molar-refractivity contribution >= 4 is 28.9 Å². The van der Waals surface area contributed by atoms with Crippen LogP contribution in [0.15, 0.2) is 48.5 Å². The second-order valence-electron chi connectivity index (χ2n) is 11.8. The topological polar surface area (TPSA) is 133 Å². The summed E-state index contributed by atoms with van der Waals surface area (Å²) in [4.78, 5) is 38.2. The van der Waals surface area contributed by atoms with E-state index in [4.69, 9.17) is 4.74 Å². The molecular weight excluding hydrogens is 486 g/mol. The number of ether oxygens (including phenoxy) is 1. The van der Waals surface area contributed by atoms with E-state index < -0.39 is 34.4 Å². The van der Waals surface area contributed by atoms with E-state index in [9.17, 15) is 29.7 Å². The van der Waals surface area contributed by atoms with Crippen molar-refractivity contribution in [3.63, 3.8) is 0 Å². The molecule has 1 amide bonds. The molecule has 8 nitrogen and oxygen atoms in total. The van der Waals surface area contributed by atoms with Crippen molar-refractivity contribution in [3.05, 3.63) is 59.7 Å². The Bertz CT molecular complexity index is 1400. The molecule has 2 saturated carbocycles. The summed E-state index contributed by atoms with van der Waals surface area (Å²) >= 11 is 0. The molecule has 3 aliphatic carbocycles. The van der Waals surface area contributed by atoms with Crippen LogP contribution >= 0.6 is 0 Å². The van der Waals surface area contributed by atoms with Gasteiger partial charge in [-0.1, -0.05) is 37.3 Å². The van der Waals surface area contributed by atoms with Crippen molar-refractivity contribution in [1.82, 2.24) is 0 Å². The van der Waals surface area contributed by atoms with Crippen LogP contribution in [-0.4, -0.2) is 44.7 Å². The summed E-state index contributed by atoms with van der Waals surface area (Å²) in [5.41, 5.74) is 0.0795. The van der Waals surface area contributed by atoms with Crippen molar-refractivity contribution in [2.75, 3.05) is 5.32 Å². The first kappa shape index (κ1) is 24.7. The highest BCUT2D eigenvalue weighted by atomic mass is 16.5. The van der Waals surface area contributed by atoms with Gasteiger partial charge in [0, 0.05) is 23.2 Å². The standard InChI is InChI=1S/C30H31NO7/c1-28(11-10-23(34)31-24-20(32)9-8-18(25(24)35)27(36)37)22(33)13-19(16-6-4-3-5-7-16)30-14-17-12-21(26(28)30)38-29(17,2)15-30/h3-9,13,17,21,26,32,35H,10-12,14-15H2,1-2H3,(H,31,34)(H,36,37). The third-order valence-electron chi connectivity index (χ3n) is 9.71. The second-order valence-corrected chi connectivity index (χ2v) is 11.8. The lowest BCUT2D eigenvalue weighted by molar-refractivity contribution is -0.166. The predicted octanol–water partition coefficient (Wildman–Crippen LogP) is 4.76. The van der Waals surface area contributed by atoms with Crippen LogP contribution in [0.25, 0.3) is 5.57 Å². The smallest absolute Gasteiger partial charge is 0.339 e. The molecule has 5 aliphatic rings. The van der Waals surface area contributed by atoms with E-state index in [0.717, 1.165) is 42.5 Å². The molecule has 38 heavy (non-hydrogen) atoms. The molecule has 198 valence electrons. The quantitative estimate of drug-likeness (QED) is 0.406. The van der Waals surface area contributed by atoms with Crippen LogP contribution < -0.4 is 5.32 Å². The Hall–Kier alpha value is -3.65. The molecule has 7 rings (SSSR count). The van der Waals surface area contributed by atoms with Gasteiger partial charge in [0.25, 0.3) is 0 Å². The van der Waals surface area contributed by atoms with Crippen molar-refractivity contribution in [2.24, 2.45) is 22.7 Å². The monoisotopic (exact) mass is 517 g/mol. The van der Waals surface area contributed by atoms with Crippen LogP contribution in [0, 0.1) is 22.7 Å². The van der Waals surface area contributed by atoms with Crippen LogP contribution in [0.5, 0.6) is 11.5 Å². The average molecular weight is 518 g/mol. The minimum absolute atomic E-state index is 0.0269. The highest BCUT2D eigenvalue weighted by Gasteiger charge is 2.73. The number of amides is 1. The lowest BCUT2D eigenvalue weighted by Crippen LogP contribution is -2.57. The largest absolute Gasteiger partial charge is 0.506 e. The number of allylic oxidation sites excluding steroid dienone is 2. The molecule has 4 N–H and O–H groups in total. The first-order valence-corrected chi connectivity index (χ1v) is 13.1. The van der Waals surface area contributed by atoms with Crippen molar-refractivity contribution in [2.45, 2.75) is 57.7 Å². The molecule has 0 aromatic heterocycles. The molecule has 2 heterocycles. The maximum atomic E-state index is 13.9. The molecule has 2 aromatic carbocycles. The summed E-state index contributed by atoms with van der Waals surface area (Å²) in [6.07, 6.45) is 4.63. The third kappa shape index (κ3) is 3.35. The average Bonchev–Trinajstić information content (AvgIpc) is 3.24. The number of aromatic hydroxyl groups is 2. The molecule has 2 aromatic rings. The van der Waals surface area contributed by atoms with Crippen LogP contribution in [0.4, 0.5) is 5.69 Å². The van der Waals surface area contributed by atoms with Crippen LogP contribution in [-0.2, 0) is 14.3 Å². The number of aromatic carboxylic acids is 1. The van der Waals surface area contributed by atoms with Gasteiger partial charge in [0.05, 0.1) is 11.7 Å². The van der Waals surface area contributed by atoms with E-state index in [1.54, 1.807) is 6.08 Å². The van der Waals surface area contributed by atoms with E-state index >= 15 is 0 Å². The number of hydrogen-bond donors (Lipinski definition) is 4. The zero-order chi connectivity index (χ0) is 27.0. The Morgan fingerprint density at radius 3 is 2.53 bits per heavy atom. The Balaban J connectivity index is 1.31. The van der Waals surface area contributed by atoms with Gasteiger partial charge in [-0.15, -0.1) is 0 Å². The number of ketones is 1. The number of nitrogens with one attached hydrogen (secondary N) is 1. The zero-order valence-electron chi connectivity index (χ0n) is 21.4. The number of hydrogen-bond acceptors (Lipinski definition) is 6. The number of carbonyl (C=O) groups excluding carboxylic acids is 2. The summed E-state index contributed by atoms with van der Waals surface area (Å²) in [5.74, 6) is -2.75. The Kier molecular flexibility index (Phi) is 5.31. The van der Waals surface area contributed by atoms with Gasteiger partial charge < -0.3 is 25.4 Å². The predicted molar refractivity (Wildman–Crippen MR) is 139 cm³/mol. The number of carbonyl (C=O) groups is 3. The maximum Gasteiger partial charge on any atom is 0.339 e. The molecule has 4 fully saturated rings. The highest BCUT2D eigenvalue weighted by molar-refractivity contribution is 6.05. The molecule has 4 bridgehead atoms. The number of carboxylic acids is 1. The van der Waals surface area contributed by atoms with Crippen molar-refractivity contribution < 1.29 is 34.4 Å². The van der Waals surface area contributed by atoms with Crippen LogP contribution in [0.1, 0.15) is 61.9 Å². The molecule has 6 unspecified atom stereocenters. The van der Waals surface area contributed by atoms with Gasteiger partial charge in [-0.3, -0.25) is 9.59 Å². The fraction of sp³-hybridized carbons (Fsp3) is 0.433. The van der Waals surface area contributed by atoms with Gasteiger partial charge in [0.1, 0.15) is 17.0 Å². The Morgan fingerprint density at radius 1 is 1.11 bits per heavy atom. The lowest BCUT2D eigenvalue weighted by atomic mass is 9.48. The van der Waals surface area contributed by atoms with Gasteiger partial charge >= 0.3 is 5.97 Å². The van der Waals surface area contributed by atoms with E-state index in [1.165, 1.54) is 0 Å². The summed E-state index contributed by atoms with van der Waals surface area (Å²) in [6.45, 7) is 4.13. The maximum absolute atomic E-state index is 13.9. The zero-order valence-corrected chi connectivity index (χ0v) is 21.4. The molecule has 2 aliphatic heterocycles. The van der Waals surface area contributed by atoms with Crippen molar-refractivity contribution in [1.29, 1.82) is 0 Å². The first-order valence-electron chi connectivity index (χ1n) is 13.1. The van der Waals surface area contributed by atoms with E-state index in [-0.39, 0.29) is 47.4 Å². The van der Waals surface area contributed by atoms with E-state index in [1.807, 2.05) is 25.1 Å². The summed E-state index contributed by atoms with van der Waals surface area (Å²) in [7, 11) is 0. The van der Waals surface area contributed by atoms with Gasteiger partial charge in [-0.05, 0) is 67.9 Å². The minimum atomic E-state index is -1.38. The molecular formula is C30H31NO7. The lowest BCUT2D eigenvalue weighted by Gasteiger charge is -2.57. The Morgan fingerprint density at radius 2 is 1.84 bits per heavy atom.